The Morgan fingerprint density at radius 3 is 2.59 bits per heavy atom. The topological polar surface area (TPSA) is 84.2 Å². The van der Waals surface area contributed by atoms with Gasteiger partial charge in [0, 0.05) is 12.2 Å². The van der Waals surface area contributed by atoms with Crippen molar-refractivity contribution in [2.45, 2.75) is 13.8 Å². The Morgan fingerprint density at radius 2 is 2.06 bits per heavy atom. The van der Waals surface area contributed by atoms with Gasteiger partial charge in [0.25, 0.3) is 10.2 Å². The van der Waals surface area contributed by atoms with E-state index in [-0.39, 0.29) is 23.8 Å². The van der Waals surface area contributed by atoms with Gasteiger partial charge in [0.15, 0.2) is 0 Å². The molecule has 0 atom stereocenters. The Labute approximate surface area is 100 Å². The molecule has 0 bridgehead atoms. The van der Waals surface area contributed by atoms with Crippen LogP contribution in [0.2, 0.25) is 0 Å². The van der Waals surface area contributed by atoms with Crippen molar-refractivity contribution in [1.29, 1.82) is 0 Å². The van der Waals surface area contributed by atoms with Gasteiger partial charge in [-0.15, -0.1) is 0 Å². The molecule has 0 aliphatic carbocycles. The van der Waals surface area contributed by atoms with Crippen molar-refractivity contribution < 1.29 is 12.8 Å². The van der Waals surface area contributed by atoms with Crippen LogP contribution in [0.15, 0.2) is 18.2 Å². The number of hydrogen-bond acceptors (Lipinski definition) is 3. The standard InChI is InChI=1S/C10H16FN3O2S/c1-7(2)6-13-17(15,16)14-10-4-3-8(12)5-9(10)11/h3-5,7,13-14H,6,12H2,1-2H3. The summed E-state index contributed by atoms with van der Waals surface area (Å²) in [5.41, 5.74) is 5.46. The molecule has 1 aromatic rings. The molecule has 0 radical (unpaired) electrons. The predicted molar refractivity (Wildman–Crippen MR) is 66.2 cm³/mol. The molecule has 7 heteroatoms. The van der Waals surface area contributed by atoms with Gasteiger partial charge in [-0.05, 0) is 24.1 Å². The SMILES string of the molecule is CC(C)CNS(=O)(=O)Nc1ccc(N)cc1F. The zero-order valence-corrected chi connectivity index (χ0v) is 10.5. The number of nitrogens with one attached hydrogen (secondary N) is 2. The van der Waals surface area contributed by atoms with Gasteiger partial charge >= 0.3 is 0 Å². The summed E-state index contributed by atoms with van der Waals surface area (Å²) >= 11 is 0. The maximum absolute atomic E-state index is 13.3. The second-order valence-electron chi connectivity index (χ2n) is 4.09. The summed E-state index contributed by atoms with van der Waals surface area (Å²) in [5.74, 6) is -0.539. The molecule has 0 aliphatic heterocycles. The molecule has 0 amide bonds. The molecule has 0 saturated heterocycles. The van der Waals surface area contributed by atoms with Crippen molar-refractivity contribution in [3.63, 3.8) is 0 Å². The summed E-state index contributed by atoms with van der Waals surface area (Å²) in [6.45, 7) is 4.02. The lowest BCUT2D eigenvalue weighted by Crippen LogP contribution is -2.33. The van der Waals surface area contributed by atoms with Crippen LogP contribution in [-0.2, 0) is 10.2 Å². The van der Waals surface area contributed by atoms with E-state index in [1.54, 1.807) is 0 Å². The van der Waals surface area contributed by atoms with E-state index in [4.69, 9.17) is 5.73 Å². The van der Waals surface area contributed by atoms with E-state index in [0.29, 0.717) is 0 Å². The normalized spacial score (nSPS) is 11.8. The Morgan fingerprint density at radius 1 is 1.41 bits per heavy atom. The second kappa shape index (κ2) is 5.33. The minimum atomic E-state index is -3.75. The first-order chi connectivity index (χ1) is 7.80. The maximum Gasteiger partial charge on any atom is 0.299 e. The Hall–Kier alpha value is -1.34. The summed E-state index contributed by atoms with van der Waals surface area (Å²) in [6, 6.07) is 3.75. The number of nitrogen functional groups attached to an aromatic ring is 1. The molecular weight excluding hydrogens is 245 g/mol. The Kier molecular flexibility index (Phi) is 4.30. The van der Waals surface area contributed by atoms with Crippen LogP contribution in [0.4, 0.5) is 15.8 Å². The van der Waals surface area contributed by atoms with E-state index >= 15 is 0 Å². The molecule has 0 unspecified atom stereocenters. The molecule has 0 heterocycles. The van der Waals surface area contributed by atoms with Crippen LogP contribution in [0.25, 0.3) is 0 Å². The van der Waals surface area contributed by atoms with Crippen LogP contribution in [0.1, 0.15) is 13.8 Å². The third kappa shape index (κ3) is 4.58. The monoisotopic (exact) mass is 261 g/mol. The van der Waals surface area contributed by atoms with Crippen molar-refractivity contribution in [3.8, 4) is 0 Å². The summed E-state index contributed by atoms with van der Waals surface area (Å²) in [7, 11) is -3.75. The fourth-order valence-electron chi connectivity index (χ4n) is 1.07. The van der Waals surface area contributed by atoms with Crippen LogP contribution in [0, 0.1) is 11.7 Å². The number of nitrogens with two attached hydrogens (primary N) is 1. The maximum atomic E-state index is 13.3. The van der Waals surface area contributed by atoms with Gasteiger partial charge in [-0.3, -0.25) is 4.72 Å². The number of hydrogen-bond donors (Lipinski definition) is 3. The molecule has 5 nitrogen and oxygen atoms in total. The lowest BCUT2D eigenvalue weighted by Gasteiger charge is -2.11. The summed E-state index contributed by atoms with van der Waals surface area (Å²) < 4.78 is 40.8. The molecule has 4 N–H and O–H groups in total. The highest BCUT2D eigenvalue weighted by Crippen LogP contribution is 2.17. The summed E-state index contributed by atoms with van der Waals surface area (Å²) in [6.07, 6.45) is 0. The molecular formula is C10H16FN3O2S. The highest BCUT2D eigenvalue weighted by molar-refractivity contribution is 7.90. The molecule has 17 heavy (non-hydrogen) atoms. The molecule has 0 spiro atoms. The molecule has 0 aromatic heterocycles. The predicted octanol–water partition coefficient (Wildman–Crippen LogP) is 1.31. The van der Waals surface area contributed by atoms with Crippen molar-refractivity contribution in [3.05, 3.63) is 24.0 Å². The summed E-state index contributed by atoms with van der Waals surface area (Å²) in [4.78, 5) is 0. The van der Waals surface area contributed by atoms with Gasteiger partial charge < -0.3 is 5.73 Å². The quantitative estimate of drug-likeness (QED) is 0.699. The van der Waals surface area contributed by atoms with E-state index < -0.39 is 16.0 Å². The van der Waals surface area contributed by atoms with E-state index in [2.05, 4.69) is 9.44 Å². The first-order valence-corrected chi connectivity index (χ1v) is 6.61. The van der Waals surface area contributed by atoms with Crippen molar-refractivity contribution in [1.82, 2.24) is 4.72 Å². The molecule has 0 aliphatic rings. The van der Waals surface area contributed by atoms with E-state index in [1.807, 2.05) is 13.8 Å². The zero-order valence-electron chi connectivity index (χ0n) is 9.70. The average molecular weight is 261 g/mol. The Bertz CT molecular complexity index is 488. The number of benzene rings is 1. The molecule has 96 valence electrons. The average Bonchev–Trinajstić information content (AvgIpc) is 2.20. The fraction of sp³-hybridized carbons (Fsp3) is 0.400. The van der Waals surface area contributed by atoms with Crippen LogP contribution in [0.5, 0.6) is 0 Å². The lowest BCUT2D eigenvalue weighted by atomic mass is 10.2. The van der Waals surface area contributed by atoms with Gasteiger partial charge in [0.2, 0.25) is 0 Å². The van der Waals surface area contributed by atoms with Gasteiger partial charge in [-0.1, -0.05) is 13.8 Å². The van der Waals surface area contributed by atoms with Crippen LogP contribution in [-0.4, -0.2) is 15.0 Å². The minimum absolute atomic E-state index is 0.129. The Balaban J connectivity index is 2.76. The lowest BCUT2D eigenvalue weighted by molar-refractivity contribution is 0.563. The van der Waals surface area contributed by atoms with E-state index in [0.717, 1.165) is 6.07 Å². The molecule has 0 saturated carbocycles. The third-order valence-electron chi connectivity index (χ3n) is 1.92. The highest BCUT2D eigenvalue weighted by Gasteiger charge is 2.12. The first-order valence-electron chi connectivity index (χ1n) is 5.12. The largest absolute Gasteiger partial charge is 0.399 e. The summed E-state index contributed by atoms with van der Waals surface area (Å²) in [5, 5.41) is 0. The van der Waals surface area contributed by atoms with Crippen molar-refractivity contribution in [2.75, 3.05) is 17.0 Å². The van der Waals surface area contributed by atoms with Gasteiger partial charge in [0.05, 0.1) is 5.69 Å². The number of rotatable bonds is 5. The van der Waals surface area contributed by atoms with Gasteiger partial charge in [0.1, 0.15) is 5.82 Å². The fourth-order valence-corrected chi connectivity index (χ4v) is 2.15. The number of halogens is 1. The zero-order chi connectivity index (χ0) is 13.1. The van der Waals surface area contributed by atoms with Gasteiger partial charge in [-0.25, -0.2) is 4.39 Å². The van der Waals surface area contributed by atoms with Crippen molar-refractivity contribution >= 4 is 21.6 Å². The van der Waals surface area contributed by atoms with E-state index in [1.165, 1.54) is 12.1 Å². The number of anilines is 2. The smallest absolute Gasteiger partial charge is 0.299 e. The second-order valence-corrected chi connectivity index (χ2v) is 5.59. The molecule has 0 fully saturated rings. The third-order valence-corrected chi connectivity index (χ3v) is 2.95. The van der Waals surface area contributed by atoms with E-state index in [9.17, 15) is 12.8 Å². The minimum Gasteiger partial charge on any atom is -0.399 e. The van der Waals surface area contributed by atoms with Crippen molar-refractivity contribution in [2.24, 2.45) is 5.92 Å². The van der Waals surface area contributed by atoms with Crippen LogP contribution < -0.4 is 15.2 Å². The molecule has 1 aromatic carbocycles. The first kappa shape index (κ1) is 13.7. The highest BCUT2D eigenvalue weighted by atomic mass is 32.2. The van der Waals surface area contributed by atoms with Crippen LogP contribution >= 0.6 is 0 Å². The molecule has 1 rings (SSSR count). The van der Waals surface area contributed by atoms with Gasteiger partial charge in [-0.2, -0.15) is 13.1 Å². The van der Waals surface area contributed by atoms with Crippen LogP contribution in [0.3, 0.4) is 0 Å².